The Morgan fingerprint density at radius 2 is 2.05 bits per heavy atom. The fourth-order valence-electron chi connectivity index (χ4n) is 2.16. The average molecular weight is 301 g/mol. The summed E-state index contributed by atoms with van der Waals surface area (Å²) in [5, 5.41) is 3.26. The van der Waals surface area contributed by atoms with Crippen molar-refractivity contribution in [2.24, 2.45) is 0 Å². The number of sulfone groups is 1. The minimum absolute atomic E-state index is 0.151. The van der Waals surface area contributed by atoms with Gasteiger partial charge in [-0.15, -0.1) is 0 Å². The second-order valence-electron chi connectivity index (χ2n) is 4.94. The van der Waals surface area contributed by atoms with E-state index >= 15 is 0 Å². The molecular formula is C15H24FNO2S. The first-order chi connectivity index (χ1) is 9.48. The van der Waals surface area contributed by atoms with E-state index in [-0.39, 0.29) is 23.2 Å². The predicted molar refractivity (Wildman–Crippen MR) is 81.2 cm³/mol. The second kappa shape index (κ2) is 8.37. The number of hydrogen-bond donors (Lipinski definition) is 1. The molecule has 0 saturated heterocycles. The zero-order chi connectivity index (χ0) is 15.0. The van der Waals surface area contributed by atoms with Gasteiger partial charge in [0.25, 0.3) is 0 Å². The van der Waals surface area contributed by atoms with Gasteiger partial charge in [-0.25, -0.2) is 12.8 Å². The first-order valence-corrected chi connectivity index (χ1v) is 8.97. The van der Waals surface area contributed by atoms with Crippen molar-refractivity contribution >= 4 is 9.84 Å². The number of benzene rings is 1. The van der Waals surface area contributed by atoms with Crippen LogP contribution < -0.4 is 5.32 Å². The van der Waals surface area contributed by atoms with E-state index in [0.29, 0.717) is 6.42 Å². The summed E-state index contributed by atoms with van der Waals surface area (Å²) in [5.74, 6) is 0.301. The third-order valence-electron chi connectivity index (χ3n) is 3.41. The lowest BCUT2D eigenvalue weighted by molar-refractivity contribution is 0.543. The summed E-state index contributed by atoms with van der Waals surface area (Å²) in [6.07, 6.45) is 1.36. The highest BCUT2D eigenvalue weighted by molar-refractivity contribution is 7.91. The van der Waals surface area contributed by atoms with Gasteiger partial charge >= 0.3 is 0 Å². The van der Waals surface area contributed by atoms with E-state index in [9.17, 15) is 12.8 Å². The lowest BCUT2D eigenvalue weighted by atomic mass is 9.94. The number of halogens is 1. The molecule has 0 aromatic heterocycles. The molecule has 0 saturated carbocycles. The van der Waals surface area contributed by atoms with Gasteiger partial charge in [-0.1, -0.05) is 26.0 Å². The van der Waals surface area contributed by atoms with E-state index in [1.165, 1.54) is 12.1 Å². The molecule has 0 spiro atoms. The Labute approximate surface area is 121 Å². The van der Waals surface area contributed by atoms with Crippen LogP contribution in [0.3, 0.4) is 0 Å². The van der Waals surface area contributed by atoms with E-state index in [1.54, 1.807) is 13.0 Å². The van der Waals surface area contributed by atoms with Crippen molar-refractivity contribution in [3.63, 3.8) is 0 Å². The molecule has 114 valence electrons. The van der Waals surface area contributed by atoms with Crippen molar-refractivity contribution < 1.29 is 12.8 Å². The molecule has 0 fully saturated rings. The van der Waals surface area contributed by atoms with Gasteiger partial charge in [-0.05, 0) is 43.0 Å². The summed E-state index contributed by atoms with van der Waals surface area (Å²) in [6, 6.07) is 6.57. The minimum Gasteiger partial charge on any atom is -0.316 e. The fraction of sp³-hybridized carbons (Fsp3) is 0.600. The van der Waals surface area contributed by atoms with Crippen molar-refractivity contribution in [1.82, 2.24) is 5.32 Å². The maximum absolute atomic E-state index is 13.3. The molecule has 0 amide bonds. The molecule has 3 nitrogen and oxygen atoms in total. The first kappa shape index (κ1) is 17.1. The largest absolute Gasteiger partial charge is 0.316 e. The lowest BCUT2D eigenvalue weighted by Crippen LogP contribution is -2.22. The van der Waals surface area contributed by atoms with Crippen LogP contribution in [-0.4, -0.2) is 33.0 Å². The average Bonchev–Trinajstić information content (AvgIpc) is 2.42. The number of hydrogen-bond acceptors (Lipinski definition) is 3. The Balaban J connectivity index is 2.65. The van der Waals surface area contributed by atoms with Crippen LogP contribution in [0, 0.1) is 5.82 Å². The molecule has 1 aromatic rings. The van der Waals surface area contributed by atoms with E-state index in [4.69, 9.17) is 0 Å². The molecule has 0 aliphatic rings. The van der Waals surface area contributed by atoms with Gasteiger partial charge in [-0.3, -0.25) is 0 Å². The third kappa shape index (κ3) is 6.01. The Hall–Kier alpha value is -0.940. The molecular weight excluding hydrogens is 277 g/mol. The maximum Gasteiger partial charge on any atom is 0.150 e. The summed E-state index contributed by atoms with van der Waals surface area (Å²) in [7, 11) is -2.92. The molecule has 0 aliphatic heterocycles. The van der Waals surface area contributed by atoms with Crippen LogP contribution in [0.15, 0.2) is 24.3 Å². The summed E-state index contributed by atoms with van der Waals surface area (Å²) >= 11 is 0. The Morgan fingerprint density at radius 3 is 2.65 bits per heavy atom. The Morgan fingerprint density at radius 1 is 1.30 bits per heavy atom. The molecule has 0 bridgehead atoms. The van der Waals surface area contributed by atoms with Crippen molar-refractivity contribution in [1.29, 1.82) is 0 Å². The Bertz CT molecular complexity index is 502. The quantitative estimate of drug-likeness (QED) is 0.763. The molecule has 0 aliphatic carbocycles. The maximum atomic E-state index is 13.3. The summed E-state index contributed by atoms with van der Waals surface area (Å²) in [4.78, 5) is 0. The molecule has 1 N–H and O–H groups in total. The molecule has 0 heterocycles. The lowest BCUT2D eigenvalue weighted by Gasteiger charge is -2.18. The van der Waals surface area contributed by atoms with Crippen molar-refractivity contribution in [3.05, 3.63) is 35.6 Å². The highest BCUT2D eigenvalue weighted by atomic mass is 32.2. The summed E-state index contributed by atoms with van der Waals surface area (Å²) < 4.78 is 36.3. The van der Waals surface area contributed by atoms with Crippen LogP contribution in [-0.2, 0) is 9.84 Å². The molecule has 1 aromatic carbocycles. The zero-order valence-corrected chi connectivity index (χ0v) is 13.0. The van der Waals surface area contributed by atoms with Crippen LogP contribution in [0.4, 0.5) is 4.39 Å². The summed E-state index contributed by atoms with van der Waals surface area (Å²) in [5.41, 5.74) is 0.930. The van der Waals surface area contributed by atoms with Gasteiger partial charge in [0.15, 0.2) is 0 Å². The topological polar surface area (TPSA) is 46.2 Å². The Kier molecular flexibility index (Phi) is 7.16. The van der Waals surface area contributed by atoms with E-state index in [0.717, 1.165) is 25.1 Å². The first-order valence-electron chi connectivity index (χ1n) is 7.15. The monoisotopic (exact) mass is 301 g/mol. The molecule has 0 radical (unpaired) electrons. The number of likely N-dealkylation sites (N-methyl/N-ethyl adjacent to an activating group) is 1. The van der Waals surface area contributed by atoms with Crippen LogP contribution in [0.5, 0.6) is 0 Å². The van der Waals surface area contributed by atoms with Crippen molar-refractivity contribution in [3.8, 4) is 0 Å². The van der Waals surface area contributed by atoms with Gasteiger partial charge < -0.3 is 5.32 Å². The van der Waals surface area contributed by atoms with Crippen LogP contribution >= 0.6 is 0 Å². The van der Waals surface area contributed by atoms with Gasteiger partial charge in [-0.2, -0.15) is 0 Å². The third-order valence-corrected chi connectivity index (χ3v) is 5.20. The van der Waals surface area contributed by atoms with E-state index < -0.39 is 9.84 Å². The normalized spacial score (nSPS) is 13.3. The smallest absolute Gasteiger partial charge is 0.150 e. The van der Waals surface area contributed by atoms with Crippen LogP contribution in [0.25, 0.3) is 0 Å². The van der Waals surface area contributed by atoms with Gasteiger partial charge in [0.1, 0.15) is 15.7 Å². The van der Waals surface area contributed by atoms with Crippen LogP contribution in [0.2, 0.25) is 0 Å². The van der Waals surface area contributed by atoms with Gasteiger partial charge in [0.05, 0.1) is 5.75 Å². The predicted octanol–water partition coefficient (Wildman–Crippen LogP) is 2.73. The van der Waals surface area contributed by atoms with Gasteiger partial charge in [0, 0.05) is 12.3 Å². The van der Waals surface area contributed by atoms with E-state index in [2.05, 4.69) is 5.32 Å². The molecule has 1 unspecified atom stereocenters. The minimum atomic E-state index is -2.92. The molecule has 5 heteroatoms. The summed E-state index contributed by atoms with van der Waals surface area (Å²) in [6.45, 7) is 5.27. The molecule has 1 atom stereocenters. The highest BCUT2D eigenvalue weighted by Gasteiger charge is 2.14. The number of nitrogens with one attached hydrogen (secondary N) is 1. The fourth-order valence-corrected chi connectivity index (χ4v) is 3.05. The van der Waals surface area contributed by atoms with Gasteiger partial charge in [0.2, 0.25) is 0 Å². The van der Waals surface area contributed by atoms with Crippen LogP contribution in [0.1, 0.15) is 38.2 Å². The molecule has 20 heavy (non-hydrogen) atoms. The standard InChI is InChI=1S/C15H24FNO2S/c1-3-17-12-14(8-6-10-20(18,19)4-2)13-7-5-9-15(16)11-13/h5,7,9,11,14,17H,3-4,6,8,10,12H2,1-2H3. The SMILES string of the molecule is CCNCC(CCCS(=O)(=O)CC)c1cccc(F)c1. The molecule has 1 rings (SSSR count). The highest BCUT2D eigenvalue weighted by Crippen LogP contribution is 2.22. The van der Waals surface area contributed by atoms with E-state index in [1.807, 2.05) is 13.0 Å². The zero-order valence-electron chi connectivity index (χ0n) is 12.2. The number of rotatable bonds is 9. The van der Waals surface area contributed by atoms with Crippen molar-refractivity contribution in [2.75, 3.05) is 24.6 Å². The van der Waals surface area contributed by atoms with Crippen molar-refractivity contribution in [2.45, 2.75) is 32.6 Å². The second-order valence-corrected chi connectivity index (χ2v) is 7.41.